The van der Waals surface area contributed by atoms with Crippen LogP contribution in [0.15, 0.2) is 48.7 Å². The predicted octanol–water partition coefficient (Wildman–Crippen LogP) is 2.23. The first-order valence-electron chi connectivity index (χ1n) is 8.44. The number of ether oxygens (including phenoxy) is 2. The zero-order chi connectivity index (χ0) is 17.5. The Bertz CT molecular complexity index is 693. The van der Waals surface area contributed by atoms with Gasteiger partial charge in [0.2, 0.25) is 0 Å². The molecule has 2 atom stereocenters. The van der Waals surface area contributed by atoms with Gasteiger partial charge in [0.25, 0.3) is 5.91 Å². The third kappa shape index (κ3) is 4.78. The van der Waals surface area contributed by atoms with Gasteiger partial charge in [0.05, 0.1) is 25.4 Å². The van der Waals surface area contributed by atoms with Crippen molar-refractivity contribution in [3.8, 4) is 0 Å². The largest absolute Gasteiger partial charge is 0.379 e. The van der Waals surface area contributed by atoms with Gasteiger partial charge in [-0.25, -0.2) is 4.98 Å². The van der Waals surface area contributed by atoms with E-state index in [0.29, 0.717) is 31.2 Å². The third-order valence-electron chi connectivity index (χ3n) is 4.19. The number of aromatic nitrogens is 1. The summed E-state index contributed by atoms with van der Waals surface area (Å²) in [6, 6.07) is 13.3. The van der Waals surface area contributed by atoms with Crippen LogP contribution >= 0.6 is 0 Å². The molecule has 6 nitrogen and oxygen atoms in total. The molecule has 0 unspecified atom stereocenters. The molecule has 1 aromatic carbocycles. The second kappa shape index (κ2) is 8.60. The number of nitrogens with one attached hydrogen (secondary N) is 2. The topological polar surface area (TPSA) is 72.5 Å². The fourth-order valence-corrected chi connectivity index (χ4v) is 2.79. The number of rotatable bonds is 6. The van der Waals surface area contributed by atoms with Crippen molar-refractivity contribution in [1.29, 1.82) is 0 Å². The van der Waals surface area contributed by atoms with E-state index < -0.39 is 0 Å². The molecule has 3 rings (SSSR count). The summed E-state index contributed by atoms with van der Waals surface area (Å²) < 4.78 is 11.6. The SMILES string of the molecule is CNc1cc(C(=O)N[C@@H]2COCC[C@@H]2OCc2ccccc2)ccn1. The van der Waals surface area contributed by atoms with Crippen LogP contribution in [0.4, 0.5) is 5.82 Å². The molecule has 25 heavy (non-hydrogen) atoms. The van der Waals surface area contributed by atoms with Crippen LogP contribution in [0.3, 0.4) is 0 Å². The molecule has 0 bridgehead atoms. The van der Waals surface area contributed by atoms with Crippen LogP contribution < -0.4 is 10.6 Å². The summed E-state index contributed by atoms with van der Waals surface area (Å²) in [6.45, 7) is 1.62. The van der Waals surface area contributed by atoms with Crippen molar-refractivity contribution in [1.82, 2.24) is 10.3 Å². The van der Waals surface area contributed by atoms with Gasteiger partial charge in [0, 0.05) is 25.4 Å². The molecule has 0 aliphatic carbocycles. The Morgan fingerprint density at radius 2 is 2.16 bits per heavy atom. The van der Waals surface area contributed by atoms with Crippen LogP contribution in [-0.4, -0.2) is 43.3 Å². The quantitative estimate of drug-likeness (QED) is 0.843. The van der Waals surface area contributed by atoms with E-state index in [1.54, 1.807) is 25.4 Å². The smallest absolute Gasteiger partial charge is 0.251 e. The van der Waals surface area contributed by atoms with E-state index >= 15 is 0 Å². The summed E-state index contributed by atoms with van der Waals surface area (Å²) in [5.41, 5.74) is 1.68. The lowest BCUT2D eigenvalue weighted by atomic mass is 10.1. The first-order chi connectivity index (χ1) is 12.3. The van der Waals surface area contributed by atoms with Crippen LogP contribution in [0, 0.1) is 0 Å². The summed E-state index contributed by atoms with van der Waals surface area (Å²) in [7, 11) is 1.77. The number of benzene rings is 1. The molecule has 2 aromatic rings. The number of carbonyl (C=O) groups excluding carboxylic acids is 1. The van der Waals surface area contributed by atoms with E-state index in [1.165, 1.54) is 0 Å². The number of carbonyl (C=O) groups is 1. The van der Waals surface area contributed by atoms with Gasteiger partial charge in [-0.3, -0.25) is 4.79 Å². The highest BCUT2D eigenvalue weighted by Crippen LogP contribution is 2.15. The first kappa shape index (κ1) is 17.4. The second-order valence-corrected chi connectivity index (χ2v) is 5.96. The highest BCUT2D eigenvalue weighted by molar-refractivity contribution is 5.95. The summed E-state index contributed by atoms with van der Waals surface area (Å²) in [4.78, 5) is 16.6. The molecule has 0 radical (unpaired) electrons. The molecule has 1 amide bonds. The molecule has 2 heterocycles. The fraction of sp³-hybridized carbons (Fsp3) is 0.368. The van der Waals surface area contributed by atoms with Gasteiger partial charge in [0.1, 0.15) is 5.82 Å². The number of hydrogen-bond donors (Lipinski definition) is 2. The van der Waals surface area contributed by atoms with Crippen molar-refractivity contribution in [2.45, 2.75) is 25.2 Å². The number of nitrogens with zero attached hydrogens (tertiary/aromatic N) is 1. The van der Waals surface area contributed by atoms with Gasteiger partial charge in [-0.15, -0.1) is 0 Å². The van der Waals surface area contributed by atoms with Crippen molar-refractivity contribution in [2.75, 3.05) is 25.6 Å². The summed E-state index contributed by atoms with van der Waals surface area (Å²) in [6.07, 6.45) is 2.31. The molecule has 0 spiro atoms. The zero-order valence-corrected chi connectivity index (χ0v) is 14.3. The van der Waals surface area contributed by atoms with Gasteiger partial charge < -0.3 is 20.1 Å². The molecule has 1 aliphatic heterocycles. The fourth-order valence-electron chi connectivity index (χ4n) is 2.79. The highest BCUT2D eigenvalue weighted by Gasteiger charge is 2.28. The minimum absolute atomic E-state index is 0.0662. The lowest BCUT2D eigenvalue weighted by molar-refractivity contribution is -0.0605. The predicted molar refractivity (Wildman–Crippen MR) is 95.5 cm³/mol. The zero-order valence-electron chi connectivity index (χ0n) is 14.3. The van der Waals surface area contributed by atoms with E-state index in [4.69, 9.17) is 9.47 Å². The van der Waals surface area contributed by atoms with Crippen LogP contribution in [0.25, 0.3) is 0 Å². The average molecular weight is 341 g/mol. The van der Waals surface area contributed by atoms with Crippen LogP contribution in [-0.2, 0) is 16.1 Å². The Morgan fingerprint density at radius 1 is 1.32 bits per heavy atom. The monoisotopic (exact) mass is 341 g/mol. The minimum atomic E-state index is -0.170. The molecule has 6 heteroatoms. The van der Waals surface area contributed by atoms with Crippen LogP contribution in [0.1, 0.15) is 22.3 Å². The standard InChI is InChI=1S/C19H23N3O3/c1-20-18-11-15(7-9-21-18)19(23)22-16-13-24-10-8-17(16)25-12-14-5-3-2-4-6-14/h2-7,9,11,16-17H,8,10,12-13H2,1H3,(H,20,21)(H,22,23)/t16-,17+/m1/s1. The molecule has 2 N–H and O–H groups in total. The second-order valence-electron chi connectivity index (χ2n) is 5.96. The summed E-state index contributed by atoms with van der Waals surface area (Å²) in [5.74, 6) is 0.507. The van der Waals surface area contributed by atoms with E-state index in [0.717, 1.165) is 12.0 Å². The van der Waals surface area contributed by atoms with Crippen molar-refractivity contribution in [2.24, 2.45) is 0 Å². The lowest BCUT2D eigenvalue weighted by Crippen LogP contribution is -2.50. The molecular formula is C19H23N3O3. The van der Waals surface area contributed by atoms with Gasteiger partial charge >= 0.3 is 0 Å². The number of pyridine rings is 1. The maximum atomic E-state index is 12.5. The maximum absolute atomic E-state index is 12.5. The Labute approximate surface area is 147 Å². The number of hydrogen-bond acceptors (Lipinski definition) is 5. The van der Waals surface area contributed by atoms with Gasteiger partial charge in [0.15, 0.2) is 0 Å². The van der Waals surface area contributed by atoms with Gasteiger partial charge in [-0.2, -0.15) is 0 Å². The number of anilines is 1. The molecule has 0 saturated carbocycles. The minimum Gasteiger partial charge on any atom is -0.379 e. The molecule has 1 aromatic heterocycles. The maximum Gasteiger partial charge on any atom is 0.251 e. The lowest BCUT2D eigenvalue weighted by Gasteiger charge is -2.32. The Balaban J connectivity index is 1.61. The Kier molecular flexibility index (Phi) is 5.98. The van der Waals surface area contributed by atoms with Crippen LogP contribution in [0.5, 0.6) is 0 Å². The highest BCUT2D eigenvalue weighted by atomic mass is 16.5. The number of amides is 1. The van der Waals surface area contributed by atoms with Gasteiger partial charge in [-0.05, 0) is 24.1 Å². The van der Waals surface area contributed by atoms with Crippen LogP contribution in [0.2, 0.25) is 0 Å². The first-order valence-corrected chi connectivity index (χ1v) is 8.44. The normalized spacial score (nSPS) is 20.0. The Morgan fingerprint density at radius 3 is 2.96 bits per heavy atom. The van der Waals surface area contributed by atoms with Gasteiger partial charge in [-0.1, -0.05) is 30.3 Å². The van der Waals surface area contributed by atoms with Crippen molar-refractivity contribution < 1.29 is 14.3 Å². The molecular weight excluding hydrogens is 318 g/mol. The van der Waals surface area contributed by atoms with Crippen molar-refractivity contribution in [3.05, 3.63) is 59.8 Å². The summed E-state index contributed by atoms with van der Waals surface area (Å²) in [5, 5.41) is 5.96. The van der Waals surface area contributed by atoms with Crippen molar-refractivity contribution >= 4 is 11.7 Å². The van der Waals surface area contributed by atoms with E-state index in [-0.39, 0.29) is 18.1 Å². The van der Waals surface area contributed by atoms with E-state index in [2.05, 4.69) is 15.6 Å². The van der Waals surface area contributed by atoms with E-state index in [1.807, 2.05) is 30.3 Å². The molecule has 1 saturated heterocycles. The molecule has 132 valence electrons. The van der Waals surface area contributed by atoms with Crippen molar-refractivity contribution in [3.63, 3.8) is 0 Å². The summed E-state index contributed by atoms with van der Waals surface area (Å²) >= 11 is 0. The van der Waals surface area contributed by atoms with E-state index in [9.17, 15) is 4.79 Å². The molecule has 1 aliphatic rings. The average Bonchev–Trinajstić information content (AvgIpc) is 2.68. The molecule has 1 fully saturated rings. The Hall–Kier alpha value is -2.44. The third-order valence-corrected chi connectivity index (χ3v) is 4.19.